The average molecular weight is 262 g/mol. The quantitative estimate of drug-likeness (QED) is 0.773. The monoisotopic (exact) mass is 262 g/mol. The van der Waals surface area contributed by atoms with Crippen LogP contribution in [0.1, 0.15) is 16.7 Å². The van der Waals surface area contributed by atoms with E-state index in [1.54, 1.807) is 0 Å². The largest absolute Gasteiger partial charge is 0.309 e. The highest BCUT2D eigenvalue weighted by atomic mass is 14.8. The second-order valence-corrected chi connectivity index (χ2v) is 5.04. The number of pyridine rings is 1. The molecule has 2 nitrogen and oxygen atoms in total. The van der Waals surface area contributed by atoms with Gasteiger partial charge in [-0.25, -0.2) is 0 Å². The molecule has 3 aromatic rings. The molecular formula is C18H18N2. The van der Waals surface area contributed by atoms with Crippen LogP contribution in [0.3, 0.4) is 0 Å². The highest BCUT2D eigenvalue weighted by molar-refractivity contribution is 5.85. The SMILES string of the molecule is Cc1cnccc1CNCc1cccc2ccccc12. The summed E-state index contributed by atoms with van der Waals surface area (Å²) in [5, 5.41) is 6.15. The van der Waals surface area contributed by atoms with Crippen LogP contribution in [0.15, 0.2) is 60.9 Å². The van der Waals surface area contributed by atoms with Gasteiger partial charge in [0.25, 0.3) is 0 Å². The average Bonchev–Trinajstić information content (AvgIpc) is 2.49. The summed E-state index contributed by atoms with van der Waals surface area (Å²) in [5.74, 6) is 0. The van der Waals surface area contributed by atoms with Crippen molar-refractivity contribution in [1.29, 1.82) is 0 Å². The van der Waals surface area contributed by atoms with Crippen LogP contribution in [0.2, 0.25) is 0 Å². The number of nitrogens with zero attached hydrogens (tertiary/aromatic N) is 1. The molecule has 2 aromatic carbocycles. The number of aromatic nitrogens is 1. The summed E-state index contributed by atoms with van der Waals surface area (Å²) in [7, 11) is 0. The Labute approximate surface area is 119 Å². The molecule has 0 aliphatic carbocycles. The first-order valence-corrected chi connectivity index (χ1v) is 6.91. The molecule has 0 bridgehead atoms. The summed E-state index contributed by atoms with van der Waals surface area (Å²) in [6.45, 7) is 3.85. The highest BCUT2D eigenvalue weighted by Gasteiger charge is 2.01. The fraction of sp³-hybridized carbons (Fsp3) is 0.167. The summed E-state index contributed by atoms with van der Waals surface area (Å²) in [6, 6.07) is 17.1. The van der Waals surface area contributed by atoms with Crippen LogP contribution < -0.4 is 5.32 Å². The number of fused-ring (bicyclic) bond motifs is 1. The number of benzene rings is 2. The lowest BCUT2D eigenvalue weighted by Crippen LogP contribution is -2.13. The molecule has 1 N–H and O–H groups in total. The molecule has 2 heteroatoms. The van der Waals surface area contributed by atoms with Crippen LogP contribution in [0.5, 0.6) is 0 Å². The Kier molecular flexibility index (Phi) is 3.75. The first kappa shape index (κ1) is 12.8. The van der Waals surface area contributed by atoms with Crippen LogP contribution in [-0.2, 0) is 13.1 Å². The van der Waals surface area contributed by atoms with E-state index in [-0.39, 0.29) is 0 Å². The minimum absolute atomic E-state index is 0.873. The van der Waals surface area contributed by atoms with Crippen molar-refractivity contribution in [3.8, 4) is 0 Å². The maximum Gasteiger partial charge on any atom is 0.0300 e. The van der Waals surface area contributed by atoms with Crippen molar-refractivity contribution >= 4 is 10.8 Å². The van der Waals surface area contributed by atoms with Crippen molar-refractivity contribution < 1.29 is 0 Å². The fourth-order valence-corrected chi connectivity index (χ4v) is 2.48. The van der Waals surface area contributed by atoms with Gasteiger partial charge in [0.15, 0.2) is 0 Å². The number of hydrogen-bond donors (Lipinski definition) is 1. The summed E-state index contributed by atoms with van der Waals surface area (Å²) in [4.78, 5) is 4.12. The third-order valence-electron chi connectivity index (χ3n) is 3.65. The zero-order valence-electron chi connectivity index (χ0n) is 11.6. The Balaban J connectivity index is 1.73. The van der Waals surface area contributed by atoms with E-state index in [9.17, 15) is 0 Å². The zero-order valence-corrected chi connectivity index (χ0v) is 11.6. The zero-order chi connectivity index (χ0) is 13.8. The molecule has 1 heterocycles. The smallest absolute Gasteiger partial charge is 0.0300 e. The maximum absolute atomic E-state index is 4.12. The van der Waals surface area contributed by atoms with Gasteiger partial charge < -0.3 is 5.32 Å². The highest BCUT2D eigenvalue weighted by Crippen LogP contribution is 2.18. The van der Waals surface area contributed by atoms with Crippen molar-refractivity contribution in [3.05, 3.63) is 77.6 Å². The molecule has 0 unspecified atom stereocenters. The lowest BCUT2D eigenvalue weighted by Gasteiger charge is -2.09. The van der Waals surface area contributed by atoms with Crippen molar-refractivity contribution in [1.82, 2.24) is 10.3 Å². The van der Waals surface area contributed by atoms with Crippen LogP contribution in [0.25, 0.3) is 10.8 Å². The lowest BCUT2D eigenvalue weighted by molar-refractivity contribution is 0.693. The number of nitrogens with one attached hydrogen (secondary N) is 1. The third kappa shape index (κ3) is 2.70. The molecular weight excluding hydrogens is 244 g/mol. The molecule has 0 aliphatic heterocycles. The standard InChI is InChI=1S/C18H18N2/c1-14-11-19-10-9-16(14)12-20-13-17-7-4-6-15-5-2-3-8-18(15)17/h2-11,20H,12-13H2,1H3. The first-order chi connectivity index (χ1) is 9.84. The van der Waals surface area contributed by atoms with Gasteiger partial charge in [0.05, 0.1) is 0 Å². The normalized spacial score (nSPS) is 10.8. The molecule has 0 fully saturated rings. The van der Waals surface area contributed by atoms with Crippen molar-refractivity contribution in [2.75, 3.05) is 0 Å². The molecule has 0 radical (unpaired) electrons. The summed E-state index contributed by atoms with van der Waals surface area (Å²) in [6.07, 6.45) is 3.76. The summed E-state index contributed by atoms with van der Waals surface area (Å²) >= 11 is 0. The molecule has 0 aliphatic rings. The van der Waals surface area contributed by atoms with E-state index in [1.807, 2.05) is 12.4 Å². The van der Waals surface area contributed by atoms with Crippen LogP contribution in [0, 0.1) is 6.92 Å². The van der Waals surface area contributed by atoms with E-state index in [4.69, 9.17) is 0 Å². The Morgan fingerprint density at radius 2 is 1.70 bits per heavy atom. The molecule has 0 saturated heterocycles. The predicted molar refractivity (Wildman–Crippen MR) is 83.5 cm³/mol. The van der Waals surface area contributed by atoms with Crippen LogP contribution >= 0.6 is 0 Å². The maximum atomic E-state index is 4.12. The topological polar surface area (TPSA) is 24.9 Å². The minimum atomic E-state index is 0.873. The van der Waals surface area contributed by atoms with Gasteiger partial charge in [-0.05, 0) is 40.5 Å². The number of hydrogen-bond acceptors (Lipinski definition) is 2. The number of aryl methyl sites for hydroxylation is 1. The van der Waals surface area contributed by atoms with Crippen LogP contribution in [-0.4, -0.2) is 4.98 Å². The summed E-state index contributed by atoms with van der Waals surface area (Å²) < 4.78 is 0. The van der Waals surface area contributed by atoms with Gasteiger partial charge in [-0.1, -0.05) is 42.5 Å². The Morgan fingerprint density at radius 1 is 0.900 bits per heavy atom. The van der Waals surface area contributed by atoms with E-state index in [1.165, 1.54) is 27.5 Å². The van der Waals surface area contributed by atoms with Crippen molar-refractivity contribution in [2.24, 2.45) is 0 Å². The minimum Gasteiger partial charge on any atom is -0.309 e. The van der Waals surface area contributed by atoms with Gasteiger partial charge in [0, 0.05) is 25.5 Å². The first-order valence-electron chi connectivity index (χ1n) is 6.91. The molecule has 0 amide bonds. The van der Waals surface area contributed by atoms with Gasteiger partial charge in [0.2, 0.25) is 0 Å². The second kappa shape index (κ2) is 5.85. The fourth-order valence-electron chi connectivity index (χ4n) is 2.48. The van der Waals surface area contributed by atoms with E-state index >= 15 is 0 Å². The van der Waals surface area contributed by atoms with Crippen LogP contribution in [0.4, 0.5) is 0 Å². The van der Waals surface area contributed by atoms with E-state index in [2.05, 4.69) is 65.8 Å². The van der Waals surface area contributed by atoms with E-state index < -0.39 is 0 Å². The van der Waals surface area contributed by atoms with Crippen molar-refractivity contribution in [3.63, 3.8) is 0 Å². The summed E-state index contributed by atoms with van der Waals surface area (Å²) in [5.41, 5.74) is 3.88. The predicted octanol–water partition coefficient (Wildman–Crippen LogP) is 3.83. The molecule has 20 heavy (non-hydrogen) atoms. The van der Waals surface area contributed by atoms with Gasteiger partial charge in [-0.2, -0.15) is 0 Å². The Bertz CT molecular complexity index is 714. The molecule has 100 valence electrons. The molecule has 1 aromatic heterocycles. The lowest BCUT2D eigenvalue weighted by atomic mass is 10.0. The third-order valence-corrected chi connectivity index (χ3v) is 3.65. The van der Waals surface area contributed by atoms with Gasteiger partial charge >= 0.3 is 0 Å². The molecule has 3 rings (SSSR count). The second-order valence-electron chi connectivity index (χ2n) is 5.04. The Morgan fingerprint density at radius 3 is 2.60 bits per heavy atom. The van der Waals surface area contributed by atoms with E-state index in [0.717, 1.165) is 13.1 Å². The Hall–Kier alpha value is -2.19. The van der Waals surface area contributed by atoms with Gasteiger partial charge in [-0.3, -0.25) is 4.98 Å². The molecule has 0 atom stereocenters. The number of rotatable bonds is 4. The van der Waals surface area contributed by atoms with Gasteiger partial charge in [-0.15, -0.1) is 0 Å². The van der Waals surface area contributed by atoms with Crippen molar-refractivity contribution in [2.45, 2.75) is 20.0 Å². The molecule has 0 spiro atoms. The molecule has 0 saturated carbocycles. The van der Waals surface area contributed by atoms with Gasteiger partial charge in [0.1, 0.15) is 0 Å². The van der Waals surface area contributed by atoms with E-state index in [0.29, 0.717) is 0 Å².